The van der Waals surface area contributed by atoms with Crippen molar-refractivity contribution in [2.24, 2.45) is 0 Å². The minimum atomic E-state index is -2.20. The highest BCUT2D eigenvalue weighted by atomic mass is 35.5. The van der Waals surface area contributed by atoms with Gasteiger partial charge >= 0.3 is 0 Å². The van der Waals surface area contributed by atoms with Gasteiger partial charge in [0.15, 0.2) is 0 Å². The van der Waals surface area contributed by atoms with E-state index in [4.69, 9.17) is 11.6 Å². The molecule has 2 aromatic rings. The van der Waals surface area contributed by atoms with Gasteiger partial charge in [0.25, 0.3) is 0 Å². The summed E-state index contributed by atoms with van der Waals surface area (Å²) >= 11 is 3.95. The van der Waals surface area contributed by atoms with Gasteiger partial charge in [0.05, 0.1) is 5.69 Å². The lowest BCUT2D eigenvalue weighted by atomic mass is 9.81. The van der Waals surface area contributed by atoms with Crippen LogP contribution in [-0.4, -0.2) is 45.9 Å². The molecule has 30 heavy (non-hydrogen) atoms. The van der Waals surface area contributed by atoms with Gasteiger partial charge in [-0.25, -0.2) is 4.39 Å². The van der Waals surface area contributed by atoms with Gasteiger partial charge in [0, 0.05) is 43.0 Å². The number of piperazine rings is 1. The van der Waals surface area contributed by atoms with Gasteiger partial charge in [-0.3, -0.25) is 9.11 Å². The van der Waals surface area contributed by atoms with Gasteiger partial charge in [-0.05, 0) is 67.0 Å². The molecule has 2 fully saturated rings. The molecular formula is C23H27ClFN2O2S-. The second-order valence-electron chi connectivity index (χ2n) is 8.32. The van der Waals surface area contributed by atoms with Crippen LogP contribution < -0.4 is 4.90 Å². The third-order valence-electron chi connectivity index (χ3n) is 6.48. The molecule has 2 aromatic carbocycles. The Morgan fingerprint density at radius 3 is 2.40 bits per heavy atom. The van der Waals surface area contributed by atoms with E-state index in [1.54, 1.807) is 12.1 Å². The van der Waals surface area contributed by atoms with E-state index in [9.17, 15) is 13.2 Å². The molecule has 162 valence electrons. The summed E-state index contributed by atoms with van der Waals surface area (Å²) in [5.74, 6) is 0.105. The zero-order valence-electron chi connectivity index (χ0n) is 16.9. The lowest BCUT2D eigenvalue weighted by Crippen LogP contribution is -2.51. The average Bonchev–Trinajstić information content (AvgIpc) is 2.74. The van der Waals surface area contributed by atoms with Gasteiger partial charge in [0.1, 0.15) is 5.82 Å². The van der Waals surface area contributed by atoms with E-state index in [1.807, 2.05) is 12.1 Å². The summed E-state index contributed by atoms with van der Waals surface area (Å²) in [6, 6.07) is 13.6. The fourth-order valence-corrected chi connectivity index (χ4v) is 5.55. The quantitative estimate of drug-likeness (QED) is 0.620. The van der Waals surface area contributed by atoms with Gasteiger partial charge in [-0.15, -0.1) is 0 Å². The fraction of sp³-hybridized carbons (Fsp3) is 0.478. The van der Waals surface area contributed by atoms with Crippen molar-refractivity contribution in [2.45, 2.75) is 43.4 Å². The molecule has 1 atom stereocenters. The van der Waals surface area contributed by atoms with E-state index in [0.717, 1.165) is 31.2 Å². The molecule has 1 aliphatic carbocycles. The molecule has 4 nitrogen and oxygen atoms in total. The first-order valence-corrected chi connectivity index (χ1v) is 12.2. The Bertz CT molecular complexity index is 897. The summed E-state index contributed by atoms with van der Waals surface area (Å²) in [7, 11) is 0. The van der Waals surface area contributed by atoms with Gasteiger partial charge in [-0.1, -0.05) is 40.9 Å². The number of rotatable bonds is 5. The van der Waals surface area contributed by atoms with Crippen LogP contribution >= 0.6 is 11.6 Å². The van der Waals surface area contributed by atoms with Crippen LogP contribution in [0.5, 0.6) is 0 Å². The van der Waals surface area contributed by atoms with Crippen molar-refractivity contribution in [1.29, 1.82) is 0 Å². The normalized spacial score (nSPS) is 24.0. The van der Waals surface area contributed by atoms with Crippen LogP contribution in [0, 0.1) is 5.82 Å². The van der Waals surface area contributed by atoms with Crippen molar-refractivity contribution in [3.05, 3.63) is 64.4 Å². The second-order valence-corrected chi connectivity index (χ2v) is 9.65. The van der Waals surface area contributed by atoms with E-state index in [1.165, 1.54) is 37.3 Å². The van der Waals surface area contributed by atoms with Crippen molar-refractivity contribution >= 4 is 28.4 Å². The monoisotopic (exact) mass is 449 g/mol. The van der Waals surface area contributed by atoms with Crippen molar-refractivity contribution in [1.82, 2.24) is 4.90 Å². The summed E-state index contributed by atoms with van der Waals surface area (Å²) in [4.78, 5) is 4.62. The van der Waals surface area contributed by atoms with Crippen molar-refractivity contribution in [3.63, 3.8) is 0 Å². The SMILES string of the molecule is O=S([O-])Cc1ccc(N2CCN(C3CCC(c4cccc(Cl)c4)CC3)CC2)c(F)c1. The number of hydrogen-bond donors (Lipinski definition) is 0. The molecule has 0 spiro atoms. The third kappa shape index (κ3) is 5.22. The Hall–Kier alpha value is -1.47. The van der Waals surface area contributed by atoms with Crippen LogP contribution in [0.2, 0.25) is 5.02 Å². The Labute approximate surface area is 185 Å². The number of nitrogens with zero attached hydrogens (tertiary/aromatic N) is 2. The number of benzene rings is 2. The zero-order chi connectivity index (χ0) is 21.1. The maximum atomic E-state index is 14.5. The zero-order valence-corrected chi connectivity index (χ0v) is 18.5. The maximum absolute atomic E-state index is 14.5. The van der Waals surface area contributed by atoms with E-state index in [-0.39, 0.29) is 11.6 Å². The largest absolute Gasteiger partial charge is 0.772 e. The second kappa shape index (κ2) is 9.77. The molecule has 4 rings (SSSR count). The highest BCUT2D eigenvalue weighted by Gasteiger charge is 2.29. The molecule has 0 aromatic heterocycles. The van der Waals surface area contributed by atoms with Crippen molar-refractivity contribution in [2.75, 3.05) is 31.1 Å². The van der Waals surface area contributed by atoms with Gasteiger partial charge in [-0.2, -0.15) is 0 Å². The third-order valence-corrected chi connectivity index (χ3v) is 7.29. The van der Waals surface area contributed by atoms with Crippen LogP contribution in [-0.2, 0) is 16.8 Å². The molecule has 2 aliphatic rings. The molecular weight excluding hydrogens is 423 g/mol. The molecule has 1 unspecified atom stereocenters. The van der Waals surface area contributed by atoms with E-state index >= 15 is 0 Å². The molecule has 7 heteroatoms. The van der Waals surface area contributed by atoms with Crippen LogP contribution in [0.4, 0.5) is 10.1 Å². The maximum Gasteiger partial charge on any atom is 0.146 e. The summed E-state index contributed by atoms with van der Waals surface area (Å²) < 4.78 is 36.2. The van der Waals surface area contributed by atoms with Crippen molar-refractivity contribution in [3.8, 4) is 0 Å². The number of halogens is 2. The van der Waals surface area contributed by atoms with Crippen molar-refractivity contribution < 1.29 is 13.2 Å². The Morgan fingerprint density at radius 1 is 1.03 bits per heavy atom. The molecule has 0 bridgehead atoms. The van der Waals surface area contributed by atoms with Gasteiger partial charge in [0.2, 0.25) is 0 Å². The number of anilines is 1. The summed E-state index contributed by atoms with van der Waals surface area (Å²) in [5.41, 5.74) is 2.41. The average molecular weight is 450 g/mol. The Balaban J connectivity index is 1.29. The lowest BCUT2D eigenvalue weighted by Gasteiger charge is -2.42. The van der Waals surface area contributed by atoms with Crippen LogP contribution in [0.1, 0.15) is 42.7 Å². The Kier molecular flexibility index (Phi) is 7.08. The molecule has 0 N–H and O–H groups in total. The van der Waals surface area contributed by atoms with Crippen LogP contribution in [0.15, 0.2) is 42.5 Å². The highest BCUT2D eigenvalue weighted by molar-refractivity contribution is 7.78. The first-order valence-electron chi connectivity index (χ1n) is 10.6. The predicted octanol–water partition coefficient (Wildman–Crippen LogP) is 4.71. The van der Waals surface area contributed by atoms with Crippen LogP contribution in [0.25, 0.3) is 0 Å². The summed E-state index contributed by atoms with van der Waals surface area (Å²) in [6.07, 6.45) is 4.74. The molecule has 1 aliphatic heterocycles. The lowest BCUT2D eigenvalue weighted by molar-refractivity contribution is 0.141. The topological polar surface area (TPSA) is 46.6 Å². The molecule has 1 saturated heterocycles. The molecule has 0 radical (unpaired) electrons. The first-order chi connectivity index (χ1) is 14.5. The minimum absolute atomic E-state index is 0.150. The van der Waals surface area contributed by atoms with Crippen LogP contribution in [0.3, 0.4) is 0 Å². The molecule has 1 heterocycles. The standard InChI is InChI=1S/C23H28ClFN2O2S/c24-20-3-1-2-19(15-20)18-5-7-21(8-6-18)26-10-12-27(13-11-26)23-9-4-17(14-22(23)25)16-30(28)29/h1-4,9,14-15,18,21H,5-8,10-13,16H2,(H,28,29)/p-1. The summed E-state index contributed by atoms with van der Waals surface area (Å²) in [5, 5.41) is 0.812. The Morgan fingerprint density at radius 2 is 1.77 bits per heavy atom. The van der Waals surface area contributed by atoms with E-state index in [0.29, 0.717) is 23.2 Å². The fourth-order valence-electron chi connectivity index (χ4n) is 4.90. The predicted molar refractivity (Wildman–Crippen MR) is 119 cm³/mol. The smallest absolute Gasteiger partial charge is 0.146 e. The van der Waals surface area contributed by atoms with Gasteiger partial charge < -0.3 is 9.45 Å². The molecule has 1 saturated carbocycles. The summed E-state index contributed by atoms with van der Waals surface area (Å²) in [6.45, 7) is 3.44. The molecule has 0 amide bonds. The highest BCUT2D eigenvalue weighted by Crippen LogP contribution is 2.36. The van der Waals surface area contributed by atoms with E-state index < -0.39 is 11.1 Å². The first kappa shape index (κ1) is 21.8. The van der Waals surface area contributed by atoms with E-state index in [2.05, 4.69) is 21.9 Å². The number of hydrogen-bond acceptors (Lipinski definition) is 4. The minimum Gasteiger partial charge on any atom is -0.772 e.